The second kappa shape index (κ2) is 7.09. The Morgan fingerprint density at radius 1 is 1.06 bits per heavy atom. The molecule has 0 aromatic heterocycles. The molecule has 0 bridgehead atoms. The third-order valence-corrected chi connectivity index (χ3v) is 2.06. The van der Waals surface area contributed by atoms with Gasteiger partial charge in [-0.15, -0.1) is 0 Å². The van der Waals surface area contributed by atoms with Gasteiger partial charge in [-0.1, -0.05) is 13.8 Å². The van der Waals surface area contributed by atoms with Gasteiger partial charge < -0.3 is 15.7 Å². The van der Waals surface area contributed by atoms with Crippen LogP contribution in [0.25, 0.3) is 0 Å². The maximum Gasteiger partial charge on any atom is 0.315 e. The lowest BCUT2D eigenvalue weighted by Gasteiger charge is -2.18. The van der Waals surface area contributed by atoms with Gasteiger partial charge in [-0.05, 0) is 26.2 Å². The van der Waals surface area contributed by atoms with Crippen molar-refractivity contribution < 1.29 is 14.7 Å². The number of rotatable bonds is 6. The van der Waals surface area contributed by atoms with E-state index < -0.39 is 5.97 Å². The highest BCUT2D eigenvalue weighted by Gasteiger charge is 2.13. The number of carboxylic acid groups (broad SMARTS) is 1. The van der Waals surface area contributed by atoms with Gasteiger partial charge in [0.2, 0.25) is 0 Å². The molecule has 0 aliphatic carbocycles. The zero-order chi connectivity index (χ0) is 12.7. The summed E-state index contributed by atoms with van der Waals surface area (Å²) in [6.07, 6.45) is 0.840. The molecule has 0 saturated carbocycles. The van der Waals surface area contributed by atoms with E-state index in [9.17, 15) is 9.59 Å². The summed E-state index contributed by atoms with van der Waals surface area (Å²) >= 11 is 0. The molecule has 2 unspecified atom stereocenters. The van der Waals surface area contributed by atoms with E-state index in [0.717, 1.165) is 6.42 Å². The molecule has 0 saturated heterocycles. The van der Waals surface area contributed by atoms with Crippen LogP contribution in [0.1, 0.15) is 40.5 Å². The fourth-order valence-corrected chi connectivity index (χ4v) is 1.57. The van der Waals surface area contributed by atoms with Crippen LogP contribution in [0, 0.1) is 5.92 Å². The van der Waals surface area contributed by atoms with E-state index in [0.29, 0.717) is 5.92 Å². The van der Waals surface area contributed by atoms with Crippen molar-refractivity contribution in [1.82, 2.24) is 10.6 Å². The molecule has 5 nitrogen and oxygen atoms in total. The highest BCUT2D eigenvalue weighted by molar-refractivity contribution is 5.75. The minimum Gasteiger partial charge on any atom is -0.481 e. The van der Waals surface area contributed by atoms with Gasteiger partial charge in [-0.3, -0.25) is 4.79 Å². The number of urea groups is 1. The predicted molar refractivity (Wildman–Crippen MR) is 62.3 cm³/mol. The van der Waals surface area contributed by atoms with Crippen molar-refractivity contribution in [3.8, 4) is 0 Å². The van der Waals surface area contributed by atoms with Crippen molar-refractivity contribution >= 4 is 12.0 Å². The average Bonchev–Trinajstić information content (AvgIpc) is 1.97. The molecule has 0 aliphatic rings. The van der Waals surface area contributed by atoms with Crippen molar-refractivity contribution in [2.75, 3.05) is 0 Å². The number of carbonyl (C=O) groups excluding carboxylic acids is 1. The van der Waals surface area contributed by atoms with Crippen molar-refractivity contribution in [1.29, 1.82) is 0 Å². The van der Waals surface area contributed by atoms with Crippen LogP contribution in [0.3, 0.4) is 0 Å². The summed E-state index contributed by atoms with van der Waals surface area (Å²) in [5.74, 6) is -0.394. The van der Waals surface area contributed by atoms with Crippen LogP contribution in [0.4, 0.5) is 4.79 Å². The first-order valence-corrected chi connectivity index (χ1v) is 5.60. The summed E-state index contributed by atoms with van der Waals surface area (Å²) in [5.41, 5.74) is 0. The quantitative estimate of drug-likeness (QED) is 0.648. The molecule has 0 aromatic rings. The van der Waals surface area contributed by atoms with Gasteiger partial charge in [0, 0.05) is 12.1 Å². The molecular formula is C11H22N2O3. The van der Waals surface area contributed by atoms with Crippen molar-refractivity contribution in [2.24, 2.45) is 5.92 Å². The number of nitrogens with one attached hydrogen (secondary N) is 2. The maximum atomic E-state index is 11.4. The van der Waals surface area contributed by atoms with Crippen LogP contribution < -0.4 is 10.6 Å². The number of carboxylic acids is 1. The Morgan fingerprint density at radius 2 is 1.56 bits per heavy atom. The second-order valence-corrected chi connectivity index (χ2v) is 4.65. The monoisotopic (exact) mass is 230 g/mol. The van der Waals surface area contributed by atoms with Gasteiger partial charge in [0.15, 0.2) is 0 Å². The molecule has 0 aliphatic heterocycles. The molecule has 0 heterocycles. The molecule has 0 radical (unpaired) electrons. The molecule has 2 atom stereocenters. The van der Waals surface area contributed by atoms with E-state index in [1.165, 1.54) is 0 Å². The molecule has 2 amide bonds. The third kappa shape index (κ3) is 8.08. The Kier molecular flexibility index (Phi) is 6.53. The van der Waals surface area contributed by atoms with E-state index in [-0.39, 0.29) is 24.5 Å². The van der Waals surface area contributed by atoms with E-state index in [2.05, 4.69) is 24.5 Å². The van der Waals surface area contributed by atoms with Crippen LogP contribution in [0.2, 0.25) is 0 Å². The van der Waals surface area contributed by atoms with Crippen LogP contribution in [0.15, 0.2) is 0 Å². The molecule has 0 aromatic carbocycles. The molecule has 0 fully saturated rings. The van der Waals surface area contributed by atoms with Crippen LogP contribution in [0.5, 0.6) is 0 Å². The number of carbonyl (C=O) groups is 2. The van der Waals surface area contributed by atoms with Gasteiger partial charge >= 0.3 is 12.0 Å². The molecular weight excluding hydrogens is 208 g/mol. The minimum atomic E-state index is -0.914. The topological polar surface area (TPSA) is 78.4 Å². The highest BCUT2D eigenvalue weighted by atomic mass is 16.4. The van der Waals surface area contributed by atoms with Crippen LogP contribution in [-0.4, -0.2) is 29.2 Å². The fraction of sp³-hybridized carbons (Fsp3) is 0.818. The minimum absolute atomic E-state index is 0.0635. The largest absolute Gasteiger partial charge is 0.481 e. The standard InChI is InChI=1S/C11H22N2O3/c1-7(2)5-8(3)12-11(16)13-9(4)6-10(14)15/h7-9H,5-6H2,1-4H3,(H,14,15)(H2,12,13,16). The molecule has 16 heavy (non-hydrogen) atoms. The zero-order valence-electron chi connectivity index (χ0n) is 10.4. The summed E-state index contributed by atoms with van der Waals surface area (Å²) in [7, 11) is 0. The predicted octanol–water partition coefficient (Wildman–Crippen LogP) is 1.58. The lowest BCUT2D eigenvalue weighted by Crippen LogP contribution is -2.45. The van der Waals surface area contributed by atoms with E-state index in [1.807, 2.05) is 6.92 Å². The second-order valence-electron chi connectivity index (χ2n) is 4.65. The van der Waals surface area contributed by atoms with Crippen molar-refractivity contribution in [3.63, 3.8) is 0 Å². The Labute approximate surface area is 96.6 Å². The number of amides is 2. The average molecular weight is 230 g/mol. The fourth-order valence-electron chi connectivity index (χ4n) is 1.57. The number of aliphatic carboxylic acids is 1. The summed E-state index contributed by atoms with van der Waals surface area (Å²) in [6.45, 7) is 7.77. The van der Waals surface area contributed by atoms with E-state index in [4.69, 9.17) is 5.11 Å². The normalized spacial score (nSPS) is 14.3. The molecule has 5 heteroatoms. The molecule has 0 rings (SSSR count). The first kappa shape index (κ1) is 14.7. The summed E-state index contributed by atoms with van der Waals surface area (Å²) < 4.78 is 0. The Morgan fingerprint density at radius 3 is 2.00 bits per heavy atom. The zero-order valence-corrected chi connectivity index (χ0v) is 10.4. The van der Waals surface area contributed by atoms with E-state index >= 15 is 0 Å². The summed E-state index contributed by atoms with van der Waals surface area (Å²) in [5, 5.41) is 13.9. The lowest BCUT2D eigenvalue weighted by molar-refractivity contribution is -0.137. The smallest absolute Gasteiger partial charge is 0.315 e. The highest BCUT2D eigenvalue weighted by Crippen LogP contribution is 2.03. The lowest BCUT2D eigenvalue weighted by atomic mass is 10.1. The molecule has 0 spiro atoms. The molecule has 3 N–H and O–H groups in total. The van der Waals surface area contributed by atoms with Crippen LogP contribution >= 0.6 is 0 Å². The van der Waals surface area contributed by atoms with Gasteiger partial charge in [0.1, 0.15) is 0 Å². The first-order valence-electron chi connectivity index (χ1n) is 5.60. The van der Waals surface area contributed by atoms with Gasteiger partial charge in [-0.2, -0.15) is 0 Å². The van der Waals surface area contributed by atoms with Gasteiger partial charge in [0.25, 0.3) is 0 Å². The Bertz CT molecular complexity index is 241. The maximum absolute atomic E-state index is 11.4. The Balaban J connectivity index is 3.85. The van der Waals surface area contributed by atoms with Crippen molar-refractivity contribution in [3.05, 3.63) is 0 Å². The molecule has 94 valence electrons. The first-order chi connectivity index (χ1) is 7.31. The SMILES string of the molecule is CC(C)CC(C)NC(=O)NC(C)CC(=O)O. The van der Waals surface area contributed by atoms with E-state index in [1.54, 1.807) is 6.92 Å². The number of hydrogen-bond donors (Lipinski definition) is 3. The summed E-state index contributed by atoms with van der Waals surface area (Å²) in [6, 6.07) is -0.567. The third-order valence-electron chi connectivity index (χ3n) is 2.06. The van der Waals surface area contributed by atoms with Gasteiger partial charge in [-0.25, -0.2) is 4.79 Å². The summed E-state index contributed by atoms with van der Waals surface area (Å²) in [4.78, 5) is 21.8. The van der Waals surface area contributed by atoms with Crippen molar-refractivity contribution in [2.45, 2.75) is 52.6 Å². The Hall–Kier alpha value is -1.26. The van der Waals surface area contributed by atoms with Crippen LogP contribution in [-0.2, 0) is 4.79 Å². The number of hydrogen-bond acceptors (Lipinski definition) is 2. The van der Waals surface area contributed by atoms with Gasteiger partial charge in [0.05, 0.1) is 6.42 Å².